The number of aromatic nitrogens is 3. The van der Waals surface area contributed by atoms with E-state index >= 15 is 0 Å². The van der Waals surface area contributed by atoms with Gasteiger partial charge in [-0.15, -0.1) is 0 Å². The molecule has 0 aliphatic carbocycles. The van der Waals surface area contributed by atoms with Gasteiger partial charge in [0.25, 0.3) is 0 Å². The molecule has 1 aliphatic heterocycles. The summed E-state index contributed by atoms with van der Waals surface area (Å²) in [5.41, 5.74) is 16.6. The zero-order valence-corrected chi connectivity index (χ0v) is 19.0. The van der Waals surface area contributed by atoms with Crippen molar-refractivity contribution in [3.8, 4) is 17.3 Å². The number of hydrogen-bond acceptors (Lipinski definition) is 11. The molecule has 0 radical (unpaired) electrons. The first-order valence-electron chi connectivity index (χ1n) is 10.8. The molecule has 11 heteroatoms. The molecule has 0 atom stereocenters. The first-order valence-corrected chi connectivity index (χ1v) is 10.8. The Morgan fingerprint density at radius 1 is 1.29 bits per heavy atom. The molecule has 2 aromatic heterocycles. The number of nitrogens with zero attached hydrogens (tertiary/aromatic N) is 6. The van der Waals surface area contributed by atoms with E-state index in [2.05, 4.69) is 31.5 Å². The van der Waals surface area contributed by atoms with Crippen molar-refractivity contribution in [3.05, 3.63) is 71.7 Å². The Balaban J connectivity index is 1.46. The van der Waals surface area contributed by atoms with Gasteiger partial charge in [-0.25, -0.2) is 20.5 Å². The van der Waals surface area contributed by atoms with Crippen LogP contribution < -0.4 is 16.0 Å². The standard InChI is InChI=1S/C24H23N9O2/c1-35-23(34)17-13-33(14-17)22-7-3-6-18(29-22)11-28-12-21(32-27)20-9-19(30-24(26)31-20)16-5-2-4-15(8-16)10-25/h2-9,12,17,27-28H,11,13-14H2,1H3,(H2,26,30,31)/b21-12-,32-27?. The number of nitriles is 1. The van der Waals surface area contributed by atoms with E-state index in [9.17, 15) is 4.79 Å². The smallest absolute Gasteiger partial charge is 0.312 e. The Morgan fingerprint density at radius 3 is 2.83 bits per heavy atom. The number of methoxy groups -OCH3 is 1. The summed E-state index contributed by atoms with van der Waals surface area (Å²) in [6, 6.07) is 16.4. The van der Waals surface area contributed by atoms with E-state index in [4.69, 9.17) is 21.3 Å². The first kappa shape index (κ1) is 23.3. The maximum atomic E-state index is 11.6. The number of ether oxygens (including phenoxy) is 1. The maximum absolute atomic E-state index is 11.6. The van der Waals surface area contributed by atoms with Crippen LogP contribution in [-0.4, -0.2) is 41.1 Å². The quantitative estimate of drug-likeness (QED) is 0.332. The average molecular weight is 470 g/mol. The van der Waals surface area contributed by atoms with Crippen molar-refractivity contribution < 1.29 is 9.53 Å². The SMILES string of the molecule is COC(=O)C1CN(c2cccc(CN/C=C(\N=N)c3cc(-c4cccc(C#N)c4)nc(N)n3)n2)C1. The first-order chi connectivity index (χ1) is 17.0. The van der Waals surface area contributed by atoms with Gasteiger partial charge in [0, 0.05) is 24.9 Å². The van der Waals surface area contributed by atoms with Crippen molar-refractivity contribution in [1.29, 1.82) is 10.8 Å². The Morgan fingerprint density at radius 2 is 2.09 bits per heavy atom. The largest absolute Gasteiger partial charge is 0.469 e. The Kier molecular flexibility index (Phi) is 6.92. The third kappa shape index (κ3) is 5.39. The number of nitrogens with two attached hydrogens (primary N) is 1. The van der Waals surface area contributed by atoms with Crippen molar-refractivity contribution in [3.63, 3.8) is 0 Å². The van der Waals surface area contributed by atoms with Gasteiger partial charge in [0.15, 0.2) is 0 Å². The number of pyridine rings is 1. The molecule has 4 rings (SSSR count). The molecular weight excluding hydrogens is 446 g/mol. The number of anilines is 2. The van der Waals surface area contributed by atoms with Crippen LogP contribution in [0.25, 0.3) is 17.0 Å². The lowest BCUT2D eigenvalue weighted by Gasteiger charge is -2.38. The summed E-state index contributed by atoms with van der Waals surface area (Å²) in [5.74, 6) is 0.484. The summed E-state index contributed by atoms with van der Waals surface area (Å²) in [4.78, 5) is 26.7. The summed E-state index contributed by atoms with van der Waals surface area (Å²) in [7, 11) is 1.39. The van der Waals surface area contributed by atoms with Gasteiger partial charge in [-0.05, 0) is 30.3 Å². The number of carbonyl (C=O) groups excluding carboxylic acids is 1. The number of carbonyl (C=O) groups is 1. The Hall–Kier alpha value is -4.85. The lowest BCUT2D eigenvalue weighted by Crippen LogP contribution is -2.51. The van der Waals surface area contributed by atoms with Gasteiger partial charge in [-0.3, -0.25) is 4.79 Å². The van der Waals surface area contributed by atoms with Crippen LogP contribution >= 0.6 is 0 Å². The summed E-state index contributed by atoms with van der Waals surface area (Å²) < 4.78 is 4.78. The summed E-state index contributed by atoms with van der Waals surface area (Å²) in [6.07, 6.45) is 1.57. The molecule has 0 saturated carbocycles. The van der Waals surface area contributed by atoms with Crippen LogP contribution in [0.1, 0.15) is 17.0 Å². The highest BCUT2D eigenvalue weighted by molar-refractivity contribution is 5.76. The number of hydrogen-bond donors (Lipinski definition) is 3. The predicted molar refractivity (Wildman–Crippen MR) is 129 cm³/mol. The van der Waals surface area contributed by atoms with Gasteiger partial charge in [0.2, 0.25) is 5.95 Å². The summed E-state index contributed by atoms with van der Waals surface area (Å²) >= 11 is 0. The molecule has 0 spiro atoms. The third-order valence-electron chi connectivity index (χ3n) is 5.47. The molecule has 0 unspecified atom stereocenters. The predicted octanol–water partition coefficient (Wildman–Crippen LogP) is 2.72. The molecule has 3 heterocycles. The molecule has 1 aromatic carbocycles. The lowest BCUT2D eigenvalue weighted by atomic mass is 10.0. The van der Waals surface area contributed by atoms with E-state index in [1.165, 1.54) is 7.11 Å². The highest BCUT2D eigenvalue weighted by Crippen LogP contribution is 2.25. The Labute approximate surface area is 201 Å². The van der Waals surface area contributed by atoms with Crippen molar-refractivity contribution in [1.82, 2.24) is 20.3 Å². The van der Waals surface area contributed by atoms with Gasteiger partial charge in [-0.1, -0.05) is 18.2 Å². The summed E-state index contributed by atoms with van der Waals surface area (Å²) in [5, 5.41) is 15.8. The molecule has 1 saturated heterocycles. The van der Waals surface area contributed by atoms with E-state index in [0.717, 1.165) is 11.5 Å². The molecule has 0 bridgehead atoms. The molecule has 0 amide bonds. The van der Waals surface area contributed by atoms with Crippen molar-refractivity contribution in [2.24, 2.45) is 11.0 Å². The molecule has 4 N–H and O–H groups in total. The van der Waals surface area contributed by atoms with Gasteiger partial charge in [0.05, 0.1) is 48.3 Å². The van der Waals surface area contributed by atoms with Crippen LogP contribution in [0, 0.1) is 22.8 Å². The number of nitrogens with one attached hydrogen (secondary N) is 2. The fourth-order valence-electron chi connectivity index (χ4n) is 3.63. The zero-order valence-electron chi connectivity index (χ0n) is 19.0. The third-order valence-corrected chi connectivity index (χ3v) is 5.47. The van der Waals surface area contributed by atoms with E-state index < -0.39 is 0 Å². The maximum Gasteiger partial charge on any atom is 0.312 e. The molecule has 11 nitrogen and oxygen atoms in total. The van der Waals surface area contributed by atoms with Crippen LogP contribution in [0.4, 0.5) is 11.8 Å². The Bertz CT molecular complexity index is 1330. The fourth-order valence-corrected chi connectivity index (χ4v) is 3.63. The van der Waals surface area contributed by atoms with Crippen LogP contribution in [0.2, 0.25) is 0 Å². The van der Waals surface area contributed by atoms with Crippen molar-refractivity contribution >= 4 is 23.4 Å². The molecular formula is C24H23N9O2. The minimum Gasteiger partial charge on any atom is -0.469 e. The molecule has 35 heavy (non-hydrogen) atoms. The van der Waals surface area contributed by atoms with Crippen LogP contribution in [0.3, 0.4) is 0 Å². The average Bonchev–Trinajstić information content (AvgIpc) is 2.85. The van der Waals surface area contributed by atoms with Gasteiger partial charge in [-0.2, -0.15) is 10.4 Å². The normalized spacial score (nSPS) is 13.5. The van der Waals surface area contributed by atoms with Crippen LogP contribution in [0.15, 0.2) is 59.8 Å². The van der Waals surface area contributed by atoms with Crippen LogP contribution in [-0.2, 0) is 16.1 Å². The van der Waals surface area contributed by atoms with E-state index in [1.807, 2.05) is 29.2 Å². The second kappa shape index (κ2) is 10.4. The second-order valence-electron chi connectivity index (χ2n) is 7.82. The zero-order chi connectivity index (χ0) is 24.8. The second-order valence-corrected chi connectivity index (χ2v) is 7.82. The molecule has 3 aromatic rings. The van der Waals surface area contributed by atoms with E-state index in [0.29, 0.717) is 42.1 Å². The number of nitrogen functional groups attached to an aromatic ring is 1. The number of rotatable bonds is 8. The van der Waals surface area contributed by atoms with Crippen LogP contribution in [0.5, 0.6) is 0 Å². The highest BCUT2D eigenvalue weighted by Gasteiger charge is 2.34. The minimum atomic E-state index is -0.206. The van der Waals surface area contributed by atoms with E-state index in [-0.39, 0.29) is 23.5 Å². The van der Waals surface area contributed by atoms with E-state index in [1.54, 1.807) is 30.5 Å². The van der Waals surface area contributed by atoms with Gasteiger partial charge in [0.1, 0.15) is 11.5 Å². The number of esters is 1. The minimum absolute atomic E-state index is 0.0311. The monoisotopic (exact) mass is 469 g/mol. The van der Waals surface area contributed by atoms with Gasteiger partial charge < -0.3 is 20.7 Å². The highest BCUT2D eigenvalue weighted by atomic mass is 16.5. The molecule has 1 fully saturated rings. The lowest BCUT2D eigenvalue weighted by molar-refractivity contribution is -0.146. The number of benzene rings is 1. The fraction of sp³-hybridized carbons (Fsp3) is 0.208. The molecule has 1 aliphatic rings. The van der Waals surface area contributed by atoms with Crippen molar-refractivity contribution in [2.45, 2.75) is 6.54 Å². The van der Waals surface area contributed by atoms with Gasteiger partial charge >= 0.3 is 5.97 Å². The summed E-state index contributed by atoms with van der Waals surface area (Å²) in [6.45, 7) is 1.54. The van der Waals surface area contributed by atoms with Crippen molar-refractivity contribution in [2.75, 3.05) is 30.8 Å². The topological polar surface area (TPSA) is 166 Å². The molecule has 176 valence electrons.